The smallest absolute Gasteiger partial charge is 0.258 e. The number of hydrogen-bond acceptors (Lipinski definition) is 10. The molecule has 2 amide bonds. The van der Waals surface area contributed by atoms with Crippen LogP contribution in [0.2, 0.25) is 0 Å². The number of amides is 2. The van der Waals surface area contributed by atoms with Gasteiger partial charge in [-0.25, -0.2) is 0 Å². The third-order valence-corrected chi connectivity index (χ3v) is 6.60. The van der Waals surface area contributed by atoms with Crippen LogP contribution < -0.4 is 20.1 Å². The van der Waals surface area contributed by atoms with Crippen LogP contribution in [0.4, 0.5) is 22.7 Å². The van der Waals surface area contributed by atoms with Gasteiger partial charge in [-0.3, -0.25) is 19.2 Å². The first-order valence-corrected chi connectivity index (χ1v) is 14.1. The van der Waals surface area contributed by atoms with E-state index in [4.69, 9.17) is 9.47 Å². The standard InChI is InChI=1S/C34H32N6O6/c1-21(41)31(33(43)35-25-11-7-5-8-12-25)39-37-27-17-15-23(19-29(27)45-3)24-16-18-28(30(20-24)46-4)38-40-32(22(2)42)34(44)36-26-13-9-6-10-14-26/h5-20,31-32H,1-4H3,(H,35,43)(H,36,44)/t31-,32-/m1/s1. The van der Waals surface area contributed by atoms with Crippen LogP contribution in [0, 0.1) is 0 Å². The molecule has 0 radical (unpaired) electrons. The molecular formula is C34H32N6O6. The van der Waals surface area contributed by atoms with Crippen LogP contribution in [0.1, 0.15) is 13.8 Å². The van der Waals surface area contributed by atoms with Crippen LogP contribution >= 0.6 is 0 Å². The first-order chi connectivity index (χ1) is 22.2. The molecule has 0 aliphatic rings. The van der Waals surface area contributed by atoms with Gasteiger partial charge in [0.15, 0.2) is 11.6 Å². The number of rotatable bonds is 13. The van der Waals surface area contributed by atoms with E-state index < -0.39 is 35.5 Å². The molecule has 0 aliphatic heterocycles. The topological polar surface area (TPSA) is 160 Å². The van der Waals surface area contributed by atoms with E-state index in [0.717, 1.165) is 11.1 Å². The fraction of sp³-hybridized carbons (Fsp3) is 0.176. The maximum absolute atomic E-state index is 12.7. The average molecular weight is 621 g/mol. The van der Waals surface area contributed by atoms with Crippen LogP contribution in [0.3, 0.4) is 0 Å². The zero-order valence-electron chi connectivity index (χ0n) is 25.6. The summed E-state index contributed by atoms with van der Waals surface area (Å²) in [7, 11) is 2.93. The lowest BCUT2D eigenvalue weighted by Gasteiger charge is -2.12. The summed E-state index contributed by atoms with van der Waals surface area (Å²) in [4.78, 5) is 49.8. The SMILES string of the molecule is COc1cc(-c2ccc(N=N[C@H](C(C)=O)C(=O)Nc3ccccc3)c(OC)c2)ccc1N=N[C@H](C(C)=O)C(=O)Nc1ccccc1. The van der Waals surface area contributed by atoms with Crippen LogP contribution in [-0.4, -0.2) is 49.7 Å². The summed E-state index contributed by atoms with van der Waals surface area (Å²) in [5.74, 6) is -1.44. The Balaban J connectivity index is 1.53. The number of azo groups is 2. The van der Waals surface area contributed by atoms with E-state index in [-0.39, 0.29) is 0 Å². The lowest BCUT2D eigenvalue weighted by molar-refractivity contribution is -0.127. The van der Waals surface area contributed by atoms with Crippen molar-refractivity contribution in [3.8, 4) is 22.6 Å². The number of ketones is 2. The summed E-state index contributed by atoms with van der Waals surface area (Å²) >= 11 is 0. The van der Waals surface area contributed by atoms with Crippen LogP contribution in [0.25, 0.3) is 11.1 Å². The van der Waals surface area contributed by atoms with Crippen molar-refractivity contribution in [2.75, 3.05) is 24.9 Å². The molecule has 2 N–H and O–H groups in total. The lowest BCUT2D eigenvalue weighted by atomic mass is 10.0. The molecule has 4 aromatic carbocycles. The number of carbonyl (C=O) groups excluding carboxylic acids is 4. The molecule has 12 heteroatoms. The maximum atomic E-state index is 12.7. The number of benzene rings is 4. The van der Waals surface area contributed by atoms with E-state index in [2.05, 4.69) is 31.1 Å². The summed E-state index contributed by atoms with van der Waals surface area (Å²) in [5, 5.41) is 21.6. The van der Waals surface area contributed by atoms with E-state index in [0.29, 0.717) is 34.2 Å². The van der Waals surface area contributed by atoms with Crippen molar-refractivity contribution in [2.24, 2.45) is 20.5 Å². The number of nitrogens with one attached hydrogen (secondary N) is 2. The fourth-order valence-corrected chi connectivity index (χ4v) is 4.22. The molecule has 12 nitrogen and oxygen atoms in total. The summed E-state index contributed by atoms with van der Waals surface area (Å²) in [6.45, 7) is 2.54. The van der Waals surface area contributed by atoms with E-state index in [9.17, 15) is 19.2 Å². The van der Waals surface area contributed by atoms with E-state index in [1.54, 1.807) is 84.9 Å². The van der Waals surface area contributed by atoms with Crippen LogP contribution in [-0.2, 0) is 19.2 Å². The van der Waals surface area contributed by atoms with Crippen LogP contribution in [0.5, 0.6) is 11.5 Å². The Kier molecular flexibility index (Phi) is 11.2. The van der Waals surface area contributed by atoms with Crippen molar-refractivity contribution in [3.05, 3.63) is 97.1 Å². The van der Waals surface area contributed by atoms with Gasteiger partial charge in [-0.1, -0.05) is 48.5 Å². The number of nitrogens with zero attached hydrogens (tertiary/aromatic N) is 4. The van der Waals surface area contributed by atoms with Crippen molar-refractivity contribution in [3.63, 3.8) is 0 Å². The van der Waals surface area contributed by atoms with Crippen molar-refractivity contribution in [2.45, 2.75) is 25.9 Å². The molecule has 46 heavy (non-hydrogen) atoms. The Morgan fingerprint density at radius 3 is 1.26 bits per heavy atom. The number of anilines is 2. The zero-order chi connectivity index (χ0) is 33.1. The second kappa shape index (κ2) is 15.6. The molecule has 0 spiro atoms. The van der Waals surface area contributed by atoms with Crippen molar-refractivity contribution < 1.29 is 28.7 Å². The van der Waals surface area contributed by atoms with E-state index in [1.807, 2.05) is 12.1 Å². The summed E-state index contributed by atoms with van der Waals surface area (Å²) in [6, 6.07) is 25.0. The first kappa shape index (κ1) is 32.9. The highest BCUT2D eigenvalue weighted by atomic mass is 16.5. The molecule has 0 saturated carbocycles. The number of hydrogen-bond donors (Lipinski definition) is 2. The van der Waals surface area contributed by atoms with Crippen molar-refractivity contribution in [1.29, 1.82) is 0 Å². The number of Topliss-reactive ketones (excluding diaryl/α,β-unsaturated/α-hetero) is 2. The summed E-state index contributed by atoms with van der Waals surface area (Å²) in [5.41, 5.74) is 3.15. The number of para-hydroxylation sites is 2. The van der Waals surface area contributed by atoms with Gasteiger partial charge in [0.05, 0.1) is 14.2 Å². The fourth-order valence-electron chi connectivity index (χ4n) is 4.22. The molecule has 0 aliphatic carbocycles. The van der Waals surface area contributed by atoms with Gasteiger partial charge in [0, 0.05) is 11.4 Å². The third-order valence-electron chi connectivity index (χ3n) is 6.60. The maximum Gasteiger partial charge on any atom is 0.258 e. The van der Waals surface area contributed by atoms with E-state index in [1.165, 1.54) is 28.1 Å². The average Bonchev–Trinajstić information content (AvgIpc) is 3.05. The van der Waals surface area contributed by atoms with Gasteiger partial charge in [0.2, 0.25) is 12.1 Å². The minimum atomic E-state index is -1.34. The minimum Gasteiger partial charge on any atom is -0.494 e. The normalized spacial score (nSPS) is 12.3. The molecule has 2 atom stereocenters. The van der Waals surface area contributed by atoms with Gasteiger partial charge in [-0.2, -0.15) is 20.5 Å². The number of carbonyl (C=O) groups is 4. The van der Waals surface area contributed by atoms with E-state index >= 15 is 0 Å². The molecule has 4 aromatic rings. The van der Waals surface area contributed by atoms with Gasteiger partial charge in [0.1, 0.15) is 22.9 Å². The Hall–Kier alpha value is -6.04. The molecule has 0 fully saturated rings. The number of ether oxygens (including phenoxy) is 2. The summed E-state index contributed by atoms with van der Waals surface area (Å²) < 4.78 is 11.0. The molecule has 0 heterocycles. The second-order valence-electron chi connectivity index (χ2n) is 9.94. The first-order valence-electron chi connectivity index (χ1n) is 14.1. The van der Waals surface area contributed by atoms with Gasteiger partial charge >= 0.3 is 0 Å². The van der Waals surface area contributed by atoms with Gasteiger partial charge in [0.25, 0.3) is 11.8 Å². The Bertz CT molecular complexity index is 1640. The third kappa shape index (κ3) is 8.53. The minimum absolute atomic E-state index is 0.312. The largest absolute Gasteiger partial charge is 0.494 e. The molecule has 0 saturated heterocycles. The molecule has 4 rings (SSSR count). The van der Waals surface area contributed by atoms with Crippen molar-refractivity contribution >= 4 is 46.1 Å². The molecule has 0 bridgehead atoms. The summed E-state index contributed by atoms with van der Waals surface area (Å²) in [6.07, 6.45) is 0. The Morgan fingerprint density at radius 2 is 0.935 bits per heavy atom. The van der Waals surface area contributed by atoms with Crippen LogP contribution in [0.15, 0.2) is 118 Å². The highest BCUT2D eigenvalue weighted by Gasteiger charge is 2.24. The highest BCUT2D eigenvalue weighted by molar-refractivity contribution is 6.10. The molecule has 0 unspecified atom stereocenters. The van der Waals surface area contributed by atoms with Gasteiger partial charge < -0.3 is 20.1 Å². The molecule has 0 aromatic heterocycles. The quantitative estimate of drug-likeness (QED) is 0.124. The Morgan fingerprint density at radius 1 is 0.565 bits per heavy atom. The molecular weight excluding hydrogens is 588 g/mol. The highest BCUT2D eigenvalue weighted by Crippen LogP contribution is 2.37. The number of methoxy groups -OCH3 is 2. The Labute approximate surface area is 265 Å². The predicted molar refractivity (Wildman–Crippen MR) is 173 cm³/mol. The monoisotopic (exact) mass is 620 g/mol. The lowest BCUT2D eigenvalue weighted by Crippen LogP contribution is -2.31. The van der Waals surface area contributed by atoms with Crippen molar-refractivity contribution in [1.82, 2.24) is 0 Å². The second-order valence-corrected chi connectivity index (χ2v) is 9.94. The van der Waals surface area contributed by atoms with Gasteiger partial charge in [-0.05, 0) is 73.5 Å². The predicted octanol–water partition coefficient (Wildman–Crippen LogP) is 6.73. The molecule has 234 valence electrons. The van der Waals surface area contributed by atoms with Gasteiger partial charge in [-0.15, -0.1) is 0 Å². The zero-order valence-corrected chi connectivity index (χ0v) is 25.6.